The van der Waals surface area contributed by atoms with Gasteiger partial charge in [0.05, 0.1) is 25.0 Å². The van der Waals surface area contributed by atoms with Gasteiger partial charge < -0.3 is 24.4 Å². The maximum Gasteiger partial charge on any atom is 0.237 e. The number of thioether (sulfide) groups is 1. The maximum atomic E-state index is 12.8. The summed E-state index contributed by atoms with van der Waals surface area (Å²) in [4.78, 5) is 29.4. The van der Waals surface area contributed by atoms with Crippen molar-refractivity contribution >= 4 is 35.0 Å². The summed E-state index contributed by atoms with van der Waals surface area (Å²) in [6.07, 6.45) is 3.68. The molecule has 0 saturated carbocycles. The molecule has 2 amide bonds. The molecule has 0 spiro atoms. The van der Waals surface area contributed by atoms with Crippen LogP contribution >= 0.6 is 11.8 Å². The van der Waals surface area contributed by atoms with Gasteiger partial charge in [0.2, 0.25) is 11.8 Å². The lowest BCUT2D eigenvalue weighted by Crippen LogP contribution is -2.36. The Balaban J connectivity index is 1.35. The second-order valence-electron chi connectivity index (χ2n) is 8.66. The molecular formula is C24H34N6O3S. The summed E-state index contributed by atoms with van der Waals surface area (Å²) in [6, 6.07) is 7.93. The van der Waals surface area contributed by atoms with E-state index < -0.39 is 0 Å². The molecular weight excluding hydrogens is 452 g/mol. The fraction of sp³-hybridized carbons (Fsp3) is 0.583. The van der Waals surface area contributed by atoms with Gasteiger partial charge in [0.1, 0.15) is 0 Å². The second kappa shape index (κ2) is 11.7. The summed E-state index contributed by atoms with van der Waals surface area (Å²) < 4.78 is 7.41. The van der Waals surface area contributed by atoms with Gasteiger partial charge in [-0.05, 0) is 51.0 Å². The summed E-state index contributed by atoms with van der Waals surface area (Å²) in [5.74, 6) is 0.871. The third-order valence-corrected chi connectivity index (χ3v) is 7.36. The van der Waals surface area contributed by atoms with Crippen LogP contribution in [0.3, 0.4) is 0 Å². The average Bonchev–Trinajstić information content (AvgIpc) is 3.12. The van der Waals surface area contributed by atoms with E-state index in [9.17, 15) is 9.59 Å². The van der Waals surface area contributed by atoms with Gasteiger partial charge in [0, 0.05) is 44.0 Å². The molecule has 9 nitrogen and oxygen atoms in total. The quantitative estimate of drug-likeness (QED) is 0.573. The number of hydrogen-bond acceptors (Lipinski definition) is 7. The lowest BCUT2D eigenvalue weighted by Gasteiger charge is -2.28. The van der Waals surface area contributed by atoms with Gasteiger partial charge in [-0.1, -0.05) is 18.2 Å². The minimum atomic E-state index is -0.346. The Kier molecular flexibility index (Phi) is 8.44. The Labute approximate surface area is 205 Å². The van der Waals surface area contributed by atoms with Crippen LogP contribution in [0.25, 0.3) is 0 Å². The normalized spacial score (nSPS) is 18.0. The third kappa shape index (κ3) is 6.09. The van der Waals surface area contributed by atoms with Crippen molar-refractivity contribution in [3.8, 4) is 0 Å². The van der Waals surface area contributed by atoms with Crippen molar-refractivity contribution in [1.82, 2.24) is 19.7 Å². The van der Waals surface area contributed by atoms with E-state index >= 15 is 0 Å². The summed E-state index contributed by atoms with van der Waals surface area (Å²) in [5, 5.41) is 12.0. The number of carbonyl (C=O) groups is 2. The number of amides is 2. The van der Waals surface area contributed by atoms with Crippen LogP contribution in [0, 0.1) is 0 Å². The number of nitrogens with zero attached hydrogens (tertiary/aromatic N) is 5. The monoisotopic (exact) mass is 486 g/mol. The van der Waals surface area contributed by atoms with E-state index in [-0.39, 0.29) is 17.1 Å². The summed E-state index contributed by atoms with van der Waals surface area (Å²) in [5.41, 5.74) is 1.90. The summed E-state index contributed by atoms with van der Waals surface area (Å²) in [7, 11) is 0. The molecule has 2 saturated heterocycles. The Bertz CT molecular complexity index is 974. The number of ether oxygens (including phenoxy) is 1. The predicted octanol–water partition coefficient (Wildman–Crippen LogP) is 3.16. The van der Waals surface area contributed by atoms with Crippen LogP contribution in [0.2, 0.25) is 0 Å². The van der Waals surface area contributed by atoms with Crippen LogP contribution in [0.15, 0.2) is 29.4 Å². The molecule has 0 radical (unpaired) electrons. The number of carbonyl (C=O) groups excluding carboxylic acids is 2. The molecule has 2 aliphatic heterocycles. The fourth-order valence-corrected chi connectivity index (χ4v) is 5.18. The van der Waals surface area contributed by atoms with E-state index in [4.69, 9.17) is 4.74 Å². The summed E-state index contributed by atoms with van der Waals surface area (Å²) >= 11 is 1.39. The minimum Gasteiger partial charge on any atom is -0.378 e. The molecule has 0 bridgehead atoms. The first-order chi connectivity index (χ1) is 16.5. The SMILES string of the molecule is CCn1c(CN2CCCCCC2=O)nnc1S[C@H](C)C(=O)Nc1ccc(N2CCOCC2)cc1. The maximum absolute atomic E-state index is 12.8. The Hall–Kier alpha value is -2.59. The molecule has 10 heteroatoms. The Morgan fingerprint density at radius 1 is 1.12 bits per heavy atom. The zero-order chi connectivity index (χ0) is 23.9. The number of hydrogen-bond donors (Lipinski definition) is 1. The number of likely N-dealkylation sites (tertiary alicyclic amines) is 1. The van der Waals surface area contributed by atoms with Gasteiger partial charge in [-0.25, -0.2) is 0 Å². The van der Waals surface area contributed by atoms with E-state index in [1.165, 1.54) is 11.8 Å². The molecule has 2 aromatic rings. The number of benzene rings is 1. The van der Waals surface area contributed by atoms with Crippen LogP contribution in [0.5, 0.6) is 0 Å². The zero-order valence-electron chi connectivity index (χ0n) is 20.0. The van der Waals surface area contributed by atoms with Crippen LogP contribution in [0.1, 0.15) is 45.4 Å². The van der Waals surface area contributed by atoms with Crippen LogP contribution in [-0.2, 0) is 27.4 Å². The first kappa shape index (κ1) is 24.5. The van der Waals surface area contributed by atoms with Crippen molar-refractivity contribution in [2.24, 2.45) is 0 Å². The smallest absolute Gasteiger partial charge is 0.237 e. The van der Waals surface area contributed by atoms with E-state index in [2.05, 4.69) is 20.4 Å². The third-order valence-electron chi connectivity index (χ3n) is 6.28. The van der Waals surface area contributed by atoms with Crippen molar-refractivity contribution in [3.63, 3.8) is 0 Å². The molecule has 34 heavy (non-hydrogen) atoms. The molecule has 1 aromatic carbocycles. The van der Waals surface area contributed by atoms with Crippen LogP contribution in [0.4, 0.5) is 11.4 Å². The van der Waals surface area contributed by atoms with Gasteiger partial charge in [-0.2, -0.15) is 0 Å². The molecule has 0 aliphatic carbocycles. The first-order valence-electron chi connectivity index (χ1n) is 12.1. The zero-order valence-corrected chi connectivity index (χ0v) is 20.9. The molecule has 184 valence electrons. The van der Waals surface area contributed by atoms with Crippen LogP contribution < -0.4 is 10.2 Å². The van der Waals surface area contributed by atoms with Gasteiger partial charge in [-0.3, -0.25) is 9.59 Å². The first-order valence-corrected chi connectivity index (χ1v) is 13.0. The molecule has 1 aromatic heterocycles. The lowest BCUT2D eigenvalue weighted by atomic mass is 10.2. The van der Waals surface area contributed by atoms with Crippen molar-refractivity contribution in [2.75, 3.05) is 43.1 Å². The van der Waals surface area contributed by atoms with Crippen molar-refractivity contribution < 1.29 is 14.3 Å². The molecule has 1 atom stereocenters. The predicted molar refractivity (Wildman–Crippen MR) is 133 cm³/mol. The topological polar surface area (TPSA) is 92.6 Å². The van der Waals surface area contributed by atoms with Gasteiger partial charge in [0.25, 0.3) is 0 Å². The van der Waals surface area contributed by atoms with Gasteiger partial charge >= 0.3 is 0 Å². The number of aromatic nitrogens is 3. The molecule has 0 unspecified atom stereocenters. The van der Waals surface area contributed by atoms with Gasteiger partial charge in [0.15, 0.2) is 11.0 Å². The number of morpholine rings is 1. The van der Waals surface area contributed by atoms with Crippen molar-refractivity contribution in [2.45, 2.75) is 63.0 Å². The minimum absolute atomic E-state index is 0.0842. The molecule has 4 rings (SSSR count). The Morgan fingerprint density at radius 3 is 2.62 bits per heavy atom. The van der Waals surface area contributed by atoms with E-state index in [0.29, 0.717) is 24.7 Å². The molecule has 1 N–H and O–H groups in total. The van der Waals surface area contributed by atoms with E-state index in [0.717, 1.165) is 69.3 Å². The number of anilines is 2. The highest BCUT2D eigenvalue weighted by atomic mass is 32.2. The highest BCUT2D eigenvalue weighted by Crippen LogP contribution is 2.25. The molecule has 2 fully saturated rings. The highest BCUT2D eigenvalue weighted by molar-refractivity contribution is 8.00. The van der Waals surface area contributed by atoms with Crippen molar-refractivity contribution in [3.05, 3.63) is 30.1 Å². The standard InChI is InChI=1S/C24H34N6O3S/c1-3-30-21(17-29-12-6-4-5-7-22(29)31)26-27-24(30)34-18(2)23(32)25-19-8-10-20(11-9-19)28-13-15-33-16-14-28/h8-11,18H,3-7,12-17H2,1-2H3,(H,25,32)/t18-/m1/s1. The average molecular weight is 487 g/mol. The largest absolute Gasteiger partial charge is 0.378 e. The van der Waals surface area contributed by atoms with E-state index in [1.807, 2.05) is 47.6 Å². The van der Waals surface area contributed by atoms with E-state index in [1.54, 1.807) is 0 Å². The number of rotatable bonds is 8. The Morgan fingerprint density at radius 2 is 1.88 bits per heavy atom. The molecule has 3 heterocycles. The second-order valence-corrected chi connectivity index (χ2v) is 9.97. The molecule has 2 aliphatic rings. The van der Waals surface area contributed by atoms with Crippen molar-refractivity contribution in [1.29, 1.82) is 0 Å². The lowest BCUT2D eigenvalue weighted by molar-refractivity contribution is -0.131. The van der Waals surface area contributed by atoms with Gasteiger partial charge in [-0.15, -0.1) is 10.2 Å². The number of nitrogens with one attached hydrogen (secondary N) is 1. The fourth-order valence-electron chi connectivity index (χ4n) is 4.25. The highest BCUT2D eigenvalue weighted by Gasteiger charge is 2.23. The summed E-state index contributed by atoms with van der Waals surface area (Å²) in [6.45, 7) is 9.06. The van der Waals surface area contributed by atoms with Crippen LogP contribution in [-0.4, -0.2) is 69.6 Å².